The van der Waals surface area contributed by atoms with Gasteiger partial charge in [-0.1, -0.05) is 20.8 Å². The average Bonchev–Trinajstić information content (AvgIpc) is 2.00. The Morgan fingerprint density at radius 2 is 1.73 bits per heavy atom. The van der Waals surface area contributed by atoms with E-state index in [2.05, 4.69) is 5.09 Å². The molecule has 0 aromatic rings. The van der Waals surface area contributed by atoms with E-state index in [1.807, 2.05) is 20.8 Å². The van der Waals surface area contributed by atoms with Crippen LogP contribution in [0.4, 0.5) is 0 Å². The zero-order valence-electron chi connectivity index (χ0n) is 10.4. The molecular formula is C10H22NO3P. The van der Waals surface area contributed by atoms with Crippen molar-refractivity contribution in [3.05, 3.63) is 0 Å². The summed E-state index contributed by atoms with van der Waals surface area (Å²) in [6.07, 6.45) is -0.140. The van der Waals surface area contributed by atoms with Crippen molar-refractivity contribution in [2.24, 2.45) is 0 Å². The van der Waals surface area contributed by atoms with Crippen LogP contribution >= 0.6 is 7.95 Å². The molecule has 1 unspecified atom stereocenters. The van der Waals surface area contributed by atoms with E-state index in [1.54, 1.807) is 20.8 Å². The molecule has 0 saturated heterocycles. The highest BCUT2D eigenvalue weighted by Gasteiger charge is 2.24. The Labute approximate surface area is 92.6 Å². The number of nitrogens with one attached hydrogen (secondary N) is 1. The number of rotatable bonds is 4. The second kappa shape index (κ2) is 5.66. The molecule has 0 fully saturated rings. The van der Waals surface area contributed by atoms with E-state index in [-0.39, 0.29) is 17.2 Å². The first kappa shape index (κ1) is 14.7. The molecular weight excluding hydrogens is 213 g/mol. The second-order valence-electron chi connectivity index (χ2n) is 4.93. The maximum atomic E-state index is 11.7. The summed E-state index contributed by atoms with van der Waals surface area (Å²) in [6.45, 7) is 10.9. The van der Waals surface area contributed by atoms with Crippen molar-refractivity contribution < 1.29 is 14.1 Å². The van der Waals surface area contributed by atoms with Crippen LogP contribution in [-0.4, -0.2) is 23.3 Å². The molecule has 0 heterocycles. The predicted octanol–water partition coefficient (Wildman–Crippen LogP) is 2.19. The van der Waals surface area contributed by atoms with Crippen molar-refractivity contribution in [2.45, 2.75) is 58.8 Å². The van der Waals surface area contributed by atoms with Gasteiger partial charge in [-0.25, -0.2) is 0 Å². The molecule has 90 valence electrons. The quantitative estimate of drug-likeness (QED) is 0.599. The summed E-state index contributed by atoms with van der Waals surface area (Å²) >= 11 is 0. The van der Waals surface area contributed by atoms with Crippen LogP contribution in [-0.2, 0) is 14.1 Å². The van der Waals surface area contributed by atoms with Gasteiger partial charge < -0.3 is 9.30 Å². The summed E-state index contributed by atoms with van der Waals surface area (Å²) in [5.74, 6) is -0.354. The first-order valence-electron chi connectivity index (χ1n) is 5.16. The Morgan fingerprint density at radius 1 is 1.27 bits per heavy atom. The van der Waals surface area contributed by atoms with Crippen LogP contribution in [0.2, 0.25) is 0 Å². The highest BCUT2D eigenvalue weighted by Crippen LogP contribution is 2.34. The van der Waals surface area contributed by atoms with Gasteiger partial charge in [0.15, 0.2) is 0 Å². The van der Waals surface area contributed by atoms with E-state index in [9.17, 15) is 9.36 Å². The van der Waals surface area contributed by atoms with Gasteiger partial charge in [0.25, 0.3) is 0 Å². The van der Waals surface area contributed by atoms with Crippen molar-refractivity contribution >= 4 is 13.9 Å². The first-order valence-corrected chi connectivity index (χ1v) is 6.57. The third-order valence-corrected chi connectivity index (χ3v) is 3.79. The lowest BCUT2D eigenvalue weighted by molar-refractivity contribution is -0.148. The van der Waals surface area contributed by atoms with Gasteiger partial charge in [-0.05, 0) is 20.8 Å². The first-order chi connectivity index (χ1) is 6.64. The molecule has 4 nitrogen and oxygen atoms in total. The molecule has 0 saturated carbocycles. The normalized spacial score (nSPS) is 16.2. The van der Waals surface area contributed by atoms with Gasteiger partial charge in [0, 0.05) is 5.16 Å². The zero-order chi connectivity index (χ0) is 12.2. The van der Waals surface area contributed by atoms with Gasteiger partial charge >= 0.3 is 5.97 Å². The summed E-state index contributed by atoms with van der Waals surface area (Å²) in [6, 6.07) is -0.516. The standard InChI is InChI=1S/C10H22NO3P/c1-7(2)14-9(12)8(3)11-15(13)10(4,5)6/h7-8,15H,1-6H3,(H,11,13)/t8-/m1/s1. The van der Waals surface area contributed by atoms with Crippen LogP contribution in [0, 0.1) is 0 Å². The molecule has 0 aliphatic heterocycles. The van der Waals surface area contributed by atoms with Gasteiger partial charge in [0.2, 0.25) is 0 Å². The highest BCUT2D eigenvalue weighted by atomic mass is 31.1. The molecule has 0 rings (SSSR count). The van der Waals surface area contributed by atoms with Crippen molar-refractivity contribution in [3.63, 3.8) is 0 Å². The number of carbonyl (C=O) groups is 1. The molecule has 0 aliphatic carbocycles. The van der Waals surface area contributed by atoms with E-state index in [0.29, 0.717) is 0 Å². The molecule has 1 N–H and O–H groups in total. The smallest absolute Gasteiger partial charge is 0.323 e. The number of hydrogen-bond donors (Lipinski definition) is 1. The van der Waals surface area contributed by atoms with Crippen molar-refractivity contribution in [1.29, 1.82) is 0 Å². The van der Waals surface area contributed by atoms with Crippen molar-refractivity contribution in [1.82, 2.24) is 5.09 Å². The fraction of sp³-hybridized carbons (Fsp3) is 0.900. The highest BCUT2D eigenvalue weighted by molar-refractivity contribution is 7.44. The molecule has 0 bridgehead atoms. The second-order valence-corrected chi connectivity index (χ2v) is 7.38. The Hall–Kier alpha value is -0.340. The Bertz CT molecular complexity index is 246. The zero-order valence-corrected chi connectivity index (χ0v) is 11.4. The molecule has 2 atom stereocenters. The topological polar surface area (TPSA) is 55.4 Å². The maximum Gasteiger partial charge on any atom is 0.323 e. The van der Waals surface area contributed by atoms with Crippen molar-refractivity contribution in [2.75, 3.05) is 0 Å². The van der Waals surface area contributed by atoms with Gasteiger partial charge in [0.1, 0.15) is 14.0 Å². The Balaban J connectivity index is 4.20. The largest absolute Gasteiger partial charge is 0.462 e. The summed E-state index contributed by atoms with van der Waals surface area (Å²) < 4.78 is 16.7. The average molecular weight is 235 g/mol. The van der Waals surface area contributed by atoms with Crippen LogP contribution in [0.1, 0.15) is 41.5 Å². The molecule has 0 spiro atoms. The molecule has 5 heteroatoms. The molecule has 0 aliphatic rings. The van der Waals surface area contributed by atoms with E-state index in [4.69, 9.17) is 4.74 Å². The minimum absolute atomic E-state index is 0.140. The lowest BCUT2D eigenvalue weighted by atomic mass is 10.3. The van der Waals surface area contributed by atoms with Crippen LogP contribution in [0.15, 0.2) is 0 Å². The lowest BCUT2D eigenvalue weighted by Gasteiger charge is -2.22. The number of hydrogen-bond acceptors (Lipinski definition) is 3. The monoisotopic (exact) mass is 235 g/mol. The summed E-state index contributed by atoms with van der Waals surface area (Å²) in [4.78, 5) is 11.4. The van der Waals surface area contributed by atoms with Gasteiger partial charge in [-0.2, -0.15) is 0 Å². The lowest BCUT2D eigenvalue weighted by Crippen LogP contribution is -2.35. The third kappa shape index (κ3) is 5.95. The van der Waals surface area contributed by atoms with E-state index < -0.39 is 14.0 Å². The molecule has 0 aromatic carbocycles. The van der Waals surface area contributed by atoms with Crippen LogP contribution in [0.5, 0.6) is 0 Å². The molecule has 0 aromatic heterocycles. The van der Waals surface area contributed by atoms with Crippen molar-refractivity contribution in [3.8, 4) is 0 Å². The summed E-state index contributed by atoms with van der Waals surface area (Å²) in [5, 5.41) is 2.49. The van der Waals surface area contributed by atoms with Crippen LogP contribution < -0.4 is 5.09 Å². The summed E-state index contributed by atoms with van der Waals surface area (Å²) in [7, 11) is -1.98. The molecule has 0 amide bonds. The Morgan fingerprint density at radius 3 is 2.07 bits per heavy atom. The fourth-order valence-electron chi connectivity index (χ4n) is 0.806. The van der Waals surface area contributed by atoms with Gasteiger partial charge in [0.05, 0.1) is 6.10 Å². The maximum absolute atomic E-state index is 11.7. The summed E-state index contributed by atoms with van der Waals surface area (Å²) in [5.41, 5.74) is 0. The predicted molar refractivity (Wildman–Crippen MR) is 62.6 cm³/mol. The van der Waals surface area contributed by atoms with Crippen LogP contribution in [0.3, 0.4) is 0 Å². The molecule has 0 radical (unpaired) electrons. The number of esters is 1. The fourth-order valence-corrected chi connectivity index (χ4v) is 1.75. The number of carbonyl (C=O) groups excluding carboxylic acids is 1. The van der Waals surface area contributed by atoms with E-state index in [1.165, 1.54) is 0 Å². The Kier molecular flexibility index (Phi) is 5.54. The van der Waals surface area contributed by atoms with Gasteiger partial charge in [-0.15, -0.1) is 0 Å². The van der Waals surface area contributed by atoms with E-state index in [0.717, 1.165) is 0 Å². The van der Waals surface area contributed by atoms with Gasteiger partial charge in [-0.3, -0.25) is 9.88 Å². The SMILES string of the molecule is CC(C)OC(=O)[C@@H](C)N[PH](=O)C(C)(C)C. The van der Waals surface area contributed by atoms with E-state index >= 15 is 0 Å². The third-order valence-electron chi connectivity index (χ3n) is 1.73. The minimum atomic E-state index is -1.98. The molecule has 15 heavy (non-hydrogen) atoms. The van der Waals surface area contributed by atoms with Crippen LogP contribution in [0.25, 0.3) is 0 Å². The number of ether oxygens (including phenoxy) is 1. The minimum Gasteiger partial charge on any atom is -0.462 e.